The summed E-state index contributed by atoms with van der Waals surface area (Å²) in [6, 6.07) is 3.77. The minimum absolute atomic E-state index is 0.0313. The van der Waals surface area contributed by atoms with Crippen LogP contribution in [0.1, 0.15) is 5.56 Å². The third kappa shape index (κ3) is 2.06. The van der Waals surface area contributed by atoms with Crippen molar-refractivity contribution in [3.63, 3.8) is 0 Å². The molecule has 0 bridgehead atoms. The Hall–Kier alpha value is -2.02. The van der Waals surface area contributed by atoms with Gasteiger partial charge >= 0.3 is 6.18 Å². The maximum Gasteiger partial charge on any atom is 0.417 e. The quantitative estimate of drug-likeness (QED) is 0.730. The number of oxazole rings is 1. The Morgan fingerprint density at radius 1 is 1.26 bits per heavy atom. The number of fused-ring (bicyclic) bond motifs is 1. The molecule has 0 radical (unpaired) electrons. The van der Waals surface area contributed by atoms with E-state index in [1.54, 1.807) is 16.8 Å². The molecule has 98 valence electrons. The predicted octanol–water partition coefficient (Wildman–Crippen LogP) is 4.16. The van der Waals surface area contributed by atoms with Crippen molar-refractivity contribution in [3.05, 3.63) is 34.5 Å². The highest BCUT2D eigenvalue weighted by molar-refractivity contribution is 7.08. The van der Waals surface area contributed by atoms with Crippen molar-refractivity contribution in [3.8, 4) is 11.1 Å². The minimum Gasteiger partial charge on any atom is -0.424 e. The molecule has 0 fully saturated rings. The summed E-state index contributed by atoms with van der Waals surface area (Å²) in [5.41, 5.74) is 5.53. The van der Waals surface area contributed by atoms with Crippen molar-refractivity contribution in [2.24, 2.45) is 0 Å². The van der Waals surface area contributed by atoms with Crippen LogP contribution in [-0.2, 0) is 6.18 Å². The molecule has 0 amide bonds. The van der Waals surface area contributed by atoms with Gasteiger partial charge in [0.25, 0.3) is 6.01 Å². The fraction of sp³-hybridized carbons (Fsp3) is 0.0833. The molecule has 19 heavy (non-hydrogen) atoms. The highest BCUT2D eigenvalue weighted by atomic mass is 32.1. The first-order valence-electron chi connectivity index (χ1n) is 5.25. The molecular formula is C12H7F3N2OS. The Balaban J connectivity index is 2.33. The standard InChI is InChI=1S/C12H7F3N2OS/c13-12(14,15)8-4-10-9(17-11(16)18-10)3-7(8)6-1-2-19-5-6/h1-5H,(H2,16,17). The van der Waals surface area contributed by atoms with E-state index in [0.29, 0.717) is 11.1 Å². The lowest BCUT2D eigenvalue weighted by atomic mass is 10.0. The second-order valence-corrected chi connectivity index (χ2v) is 4.71. The molecule has 0 saturated carbocycles. The SMILES string of the molecule is Nc1nc2cc(-c3ccsc3)c(C(F)(F)F)cc2o1. The maximum absolute atomic E-state index is 13.1. The van der Waals surface area contributed by atoms with Crippen LogP contribution in [0.5, 0.6) is 0 Å². The molecule has 2 aromatic heterocycles. The third-order valence-electron chi connectivity index (χ3n) is 2.68. The summed E-state index contributed by atoms with van der Waals surface area (Å²) in [7, 11) is 0. The first-order chi connectivity index (χ1) is 8.95. The van der Waals surface area contributed by atoms with Gasteiger partial charge in [-0.1, -0.05) is 0 Å². The van der Waals surface area contributed by atoms with Crippen LogP contribution < -0.4 is 5.73 Å². The molecule has 7 heteroatoms. The largest absolute Gasteiger partial charge is 0.424 e. The van der Waals surface area contributed by atoms with E-state index in [0.717, 1.165) is 6.07 Å². The molecule has 0 unspecified atom stereocenters. The van der Waals surface area contributed by atoms with Gasteiger partial charge in [-0.15, -0.1) is 0 Å². The summed E-state index contributed by atoms with van der Waals surface area (Å²) < 4.78 is 44.2. The second-order valence-electron chi connectivity index (χ2n) is 3.93. The minimum atomic E-state index is -4.47. The molecule has 2 heterocycles. The summed E-state index contributed by atoms with van der Waals surface area (Å²) in [5, 5.41) is 3.37. The maximum atomic E-state index is 13.1. The van der Waals surface area contributed by atoms with Gasteiger partial charge in [0.1, 0.15) is 5.52 Å². The molecular weight excluding hydrogens is 277 g/mol. The lowest BCUT2D eigenvalue weighted by molar-refractivity contribution is -0.137. The molecule has 1 aromatic carbocycles. The first kappa shape index (κ1) is 12.0. The number of thiophene rings is 1. The van der Waals surface area contributed by atoms with Crippen LogP contribution in [0, 0.1) is 0 Å². The van der Waals surface area contributed by atoms with Gasteiger partial charge in [-0.25, -0.2) is 0 Å². The van der Waals surface area contributed by atoms with Crippen molar-refractivity contribution in [2.75, 3.05) is 5.73 Å². The monoisotopic (exact) mass is 284 g/mol. The Morgan fingerprint density at radius 2 is 2.05 bits per heavy atom. The third-order valence-corrected chi connectivity index (χ3v) is 3.37. The number of halogens is 3. The van der Waals surface area contributed by atoms with Gasteiger partial charge in [-0.05, 0) is 40.1 Å². The smallest absolute Gasteiger partial charge is 0.417 e. The number of rotatable bonds is 1. The van der Waals surface area contributed by atoms with Crippen molar-refractivity contribution >= 4 is 28.5 Å². The Morgan fingerprint density at radius 3 is 2.68 bits per heavy atom. The highest BCUT2D eigenvalue weighted by Crippen LogP contribution is 2.40. The van der Waals surface area contributed by atoms with E-state index in [4.69, 9.17) is 10.2 Å². The normalized spacial score (nSPS) is 12.2. The summed E-state index contributed by atoms with van der Waals surface area (Å²) >= 11 is 1.33. The van der Waals surface area contributed by atoms with Gasteiger partial charge in [0, 0.05) is 0 Å². The fourth-order valence-electron chi connectivity index (χ4n) is 1.88. The Labute approximate surface area is 109 Å². The number of anilines is 1. The second kappa shape index (κ2) is 3.99. The zero-order valence-electron chi connectivity index (χ0n) is 9.36. The van der Waals surface area contributed by atoms with Gasteiger partial charge in [-0.3, -0.25) is 0 Å². The fourth-order valence-corrected chi connectivity index (χ4v) is 2.54. The number of nitrogens with zero attached hydrogens (tertiary/aromatic N) is 1. The average Bonchev–Trinajstić information content (AvgIpc) is 2.91. The number of hydrogen-bond donors (Lipinski definition) is 1. The van der Waals surface area contributed by atoms with Gasteiger partial charge in [-0.2, -0.15) is 29.5 Å². The van der Waals surface area contributed by atoms with E-state index in [1.165, 1.54) is 17.4 Å². The van der Waals surface area contributed by atoms with E-state index >= 15 is 0 Å². The van der Waals surface area contributed by atoms with Gasteiger partial charge in [0.05, 0.1) is 5.56 Å². The molecule has 3 nitrogen and oxygen atoms in total. The van der Waals surface area contributed by atoms with Gasteiger partial charge < -0.3 is 10.2 Å². The van der Waals surface area contributed by atoms with Crippen LogP contribution in [0.2, 0.25) is 0 Å². The van der Waals surface area contributed by atoms with Gasteiger partial charge in [0.15, 0.2) is 5.58 Å². The van der Waals surface area contributed by atoms with Crippen molar-refractivity contribution in [2.45, 2.75) is 6.18 Å². The number of benzene rings is 1. The lowest BCUT2D eigenvalue weighted by Crippen LogP contribution is -2.06. The molecule has 0 saturated heterocycles. The van der Waals surface area contributed by atoms with Crippen LogP contribution in [0.4, 0.5) is 19.2 Å². The lowest BCUT2D eigenvalue weighted by Gasteiger charge is -2.11. The molecule has 0 spiro atoms. The van der Waals surface area contributed by atoms with E-state index < -0.39 is 11.7 Å². The van der Waals surface area contributed by atoms with Crippen molar-refractivity contribution in [1.29, 1.82) is 0 Å². The van der Waals surface area contributed by atoms with E-state index in [2.05, 4.69) is 4.98 Å². The molecule has 3 aromatic rings. The van der Waals surface area contributed by atoms with Crippen molar-refractivity contribution < 1.29 is 17.6 Å². The molecule has 0 aliphatic heterocycles. The van der Waals surface area contributed by atoms with Crippen LogP contribution in [-0.4, -0.2) is 4.98 Å². The number of nitrogen functional groups attached to an aromatic ring is 1. The van der Waals surface area contributed by atoms with Crippen LogP contribution in [0.3, 0.4) is 0 Å². The summed E-state index contributed by atoms with van der Waals surface area (Å²) in [4.78, 5) is 3.85. The summed E-state index contributed by atoms with van der Waals surface area (Å²) in [6.45, 7) is 0. The first-order valence-corrected chi connectivity index (χ1v) is 6.19. The average molecular weight is 284 g/mol. The zero-order valence-corrected chi connectivity index (χ0v) is 10.2. The molecule has 2 N–H and O–H groups in total. The van der Waals surface area contributed by atoms with E-state index in [1.807, 2.05) is 0 Å². The summed E-state index contributed by atoms with van der Waals surface area (Å²) in [6.07, 6.45) is -4.47. The van der Waals surface area contributed by atoms with Gasteiger partial charge in [0.2, 0.25) is 0 Å². The summed E-state index contributed by atoms with van der Waals surface area (Å²) in [5.74, 6) is 0. The molecule has 0 atom stereocenters. The highest BCUT2D eigenvalue weighted by Gasteiger charge is 2.34. The number of alkyl halides is 3. The van der Waals surface area contributed by atoms with E-state index in [-0.39, 0.29) is 17.2 Å². The molecule has 0 aliphatic rings. The van der Waals surface area contributed by atoms with E-state index in [9.17, 15) is 13.2 Å². The Kier molecular flexibility index (Phi) is 2.53. The number of aromatic nitrogens is 1. The molecule has 0 aliphatic carbocycles. The number of hydrogen-bond acceptors (Lipinski definition) is 4. The topological polar surface area (TPSA) is 52.0 Å². The number of nitrogens with two attached hydrogens (primary N) is 1. The van der Waals surface area contributed by atoms with Crippen LogP contribution >= 0.6 is 11.3 Å². The molecule has 3 rings (SSSR count). The van der Waals surface area contributed by atoms with Crippen LogP contribution in [0.15, 0.2) is 33.4 Å². The Bertz CT molecular complexity index is 731. The van der Waals surface area contributed by atoms with Crippen LogP contribution in [0.25, 0.3) is 22.2 Å². The zero-order chi connectivity index (χ0) is 13.6. The van der Waals surface area contributed by atoms with Crippen molar-refractivity contribution in [1.82, 2.24) is 4.98 Å². The predicted molar refractivity (Wildman–Crippen MR) is 66.7 cm³/mol.